The van der Waals surface area contributed by atoms with Crippen LogP contribution in [-0.2, 0) is 76.3 Å². The minimum Gasteiger partial charge on any atom is -0.490 e. The predicted molar refractivity (Wildman–Crippen MR) is 495 cm³/mol. The Morgan fingerprint density at radius 3 is 0.706 bits per heavy atom. The van der Waals surface area contributed by atoms with Crippen LogP contribution in [0.3, 0.4) is 0 Å². The smallest absolute Gasteiger partial charge is 0.361 e. The predicted octanol–water partition coefficient (Wildman–Crippen LogP) is 10.1. The Morgan fingerprint density at radius 1 is 0.310 bits per heavy atom. The van der Waals surface area contributed by atoms with Crippen molar-refractivity contribution in [3.05, 3.63) is 169 Å². The molecule has 0 heterocycles. The number of hydrogen-bond donors (Lipinski definition) is 4. The van der Waals surface area contributed by atoms with Gasteiger partial charge in [-0.3, -0.25) is 19.2 Å². The molecule has 0 saturated carbocycles. The van der Waals surface area contributed by atoms with Gasteiger partial charge in [-0.2, -0.15) is 0 Å². The van der Waals surface area contributed by atoms with Gasteiger partial charge in [-0.05, 0) is 194 Å². The number of carbonyl (C=O) groups is 12. The lowest BCUT2D eigenvalue weighted by Gasteiger charge is -2.35. The van der Waals surface area contributed by atoms with E-state index in [1.54, 1.807) is 111 Å². The molecule has 4 aromatic carbocycles. The quantitative estimate of drug-likeness (QED) is 0.00797. The third-order valence-electron chi connectivity index (χ3n) is 18.4. The molecule has 708 valence electrons. The lowest BCUT2D eigenvalue weighted by molar-refractivity contribution is -0.918. The Kier molecular flexibility index (Phi) is 59.5. The van der Waals surface area contributed by atoms with Crippen molar-refractivity contribution in [3.8, 4) is 23.0 Å². The van der Waals surface area contributed by atoms with Gasteiger partial charge in [0.1, 0.15) is 151 Å². The number of halogens is 4. The zero-order valence-electron chi connectivity index (χ0n) is 76.2. The zero-order chi connectivity index (χ0) is 92.9. The first kappa shape index (κ1) is 123. The second-order valence-corrected chi connectivity index (χ2v) is 31.8. The highest BCUT2D eigenvalue weighted by Crippen LogP contribution is 2.23. The third-order valence-corrected chi connectivity index (χ3v) is 18.4. The molecule has 0 fully saturated rings. The Hall–Kier alpha value is -8.92. The number of likely N-dealkylation sites (N-methyl/N-ethyl adjacent to an activating group) is 4. The van der Waals surface area contributed by atoms with E-state index in [2.05, 4.69) is 26.3 Å². The molecule has 4 N–H and O–H groups in total. The zero-order valence-corrected chi connectivity index (χ0v) is 83.1. The van der Waals surface area contributed by atoms with E-state index in [1.807, 2.05) is 55.9 Å². The highest BCUT2D eigenvalue weighted by Gasteiger charge is 2.33. The molecule has 0 bridgehead atoms. The van der Waals surface area contributed by atoms with E-state index >= 15 is 0 Å². The maximum Gasteiger partial charge on any atom is 0.361 e. The number of benzene rings is 4. The second-order valence-electron chi connectivity index (χ2n) is 31.8. The summed E-state index contributed by atoms with van der Waals surface area (Å²) in [6.45, 7) is 43.4. The number of Topliss-reactive ketones (excluding diaryl/α,β-unsaturated/α-hetero) is 4. The maximum absolute atomic E-state index is 12.3. The van der Waals surface area contributed by atoms with Crippen molar-refractivity contribution in [3.63, 3.8) is 0 Å². The summed E-state index contributed by atoms with van der Waals surface area (Å²) in [7, 11) is 7.33. The number of ether oxygens (including phenoxy) is 12. The summed E-state index contributed by atoms with van der Waals surface area (Å²) >= 11 is 0. The topological polar surface area (TPSA) is 397 Å². The van der Waals surface area contributed by atoms with Gasteiger partial charge in [-0.15, -0.1) is 67.9 Å². The van der Waals surface area contributed by atoms with Crippen LogP contribution in [0.25, 0.3) is 0 Å². The van der Waals surface area contributed by atoms with Crippen LogP contribution in [-0.4, -0.2) is 318 Å². The summed E-state index contributed by atoms with van der Waals surface area (Å²) in [6.07, 6.45) is 2.20. The van der Waals surface area contributed by atoms with Crippen LogP contribution < -0.4 is 18.9 Å². The van der Waals surface area contributed by atoms with Crippen LogP contribution in [0, 0.1) is 0 Å². The first-order valence-corrected chi connectivity index (χ1v) is 40.0. The second kappa shape index (κ2) is 60.7. The van der Waals surface area contributed by atoms with E-state index in [1.165, 1.54) is 55.4 Å². The van der Waals surface area contributed by atoms with Crippen molar-refractivity contribution < 1.29 is 153 Å². The molecule has 0 saturated heterocycles. The molecule has 0 aromatic heterocycles. The minimum atomic E-state index is -1.44. The van der Waals surface area contributed by atoms with Crippen LogP contribution in [0.5, 0.6) is 23.0 Å². The van der Waals surface area contributed by atoms with Gasteiger partial charge in [0.15, 0.2) is 49.3 Å². The molecule has 126 heavy (non-hydrogen) atoms. The maximum atomic E-state index is 12.3. The summed E-state index contributed by atoms with van der Waals surface area (Å²) in [5.74, 6) is -2.76. The fourth-order valence-electron chi connectivity index (χ4n) is 10.6. The van der Waals surface area contributed by atoms with Crippen molar-refractivity contribution >= 4 is 139 Å². The summed E-state index contributed by atoms with van der Waals surface area (Å²) in [5, 5.41) is 39.1. The number of quaternary nitrogens is 4. The number of aliphatic hydroxyl groups is 4. The van der Waals surface area contributed by atoms with Gasteiger partial charge in [-0.1, -0.05) is 26.3 Å². The Morgan fingerprint density at radius 2 is 0.508 bits per heavy atom. The first-order chi connectivity index (χ1) is 56.8. The van der Waals surface area contributed by atoms with Gasteiger partial charge >= 0.3 is 47.8 Å². The lowest BCUT2D eigenvalue weighted by Crippen LogP contribution is -2.53. The average molecular weight is 2040 g/mol. The van der Waals surface area contributed by atoms with E-state index in [0.29, 0.717) is 127 Å². The molecule has 32 nitrogen and oxygen atoms in total. The number of ketones is 4. The number of carbonyl (C=O) groups excluding carboxylic acids is 12. The lowest BCUT2D eigenvalue weighted by atomic mass is 9.97. The van der Waals surface area contributed by atoms with E-state index in [0.717, 1.165) is 12.2 Å². The van der Waals surface area contributed by atoms with Crippen molar-refractivity contribution in [1.29, 1.82) is 0 Å². The van der Waals surface area contributed by atoms with Crippen LogP contribution in [0.2, 0.25) is 0 Å². The molecule has 0 aliphatic heterocycles. The number of esters is 8. The summed E-state index contributed by atoms with van der Waals surface area (Å²) < 4.78 is 64.7. The minimum absolute atomic E-state index is 0. The van der Waals surface area contributed by atoms with Crippen LogP contribution in [0.15, 0.2) is 147 Å². The molecule has 0 atom stereocenters. The third kappa shape index (κ3) is 51.2. The Labute approximate surface area is 783 Å². The van der Waals surface area contributed by atoms with Crippen LogP contribution in [0.1, 0.15) is 138 Å². The summed E-state index contributed by atoms with van der Waals surface area (Å²) in [5.41, 5.74) is -3.53. The van der Waals surface area contributed by atoms with E-state index in [4.69, 9.17) is 56.8 Å². The molecular formula is C90H136Br4N4O28+4. The molecular weight excluding hydrogens is 1900 g/mol. The molecule has 36 heteroatoms. The molecule has 0 unspecified atom stereocenters. The Balaban J connectivity index is -0.000000780. The number of rotatable bonds is 52. The van der Waals surface area contributed by atoms with Crippen LogP contribution >= 0.6 is 67.9 Å². The fourth-order valence-corrected chi connectivity index (χ4v) is 10.6. The summed E-state index contributed by atoms with van der Waals surface area (Å²) in [6, 6.07) is 25.6. The molecule has 0 aliphatic carbocycles. The largest absolute Gasteiger partial charge is 0.490 e. The van der Waals surface area contributed by atoms with Crippen molar-refractivity contribution in [2.24, 2.45) is 0 Å². The Bertz CT molecular complexity index is 4080. The van der Waals surface area contributed by atoms with Gasteiger partial charge < -0.3 is 95.2 Å². The molecule has 0 aliphatic rings. The molecule has 0 amide bonds. The van der Waals surface area contributed by atoms with Gasteiger partial charge in [0.2, 0.25) is 0 Å². The SMILES string of the molecule is Br.Br.Br.Br.C=C(C)C(=O)OCC[N+](C)(C)CC(=O)OCCOc1ccc(C(=O)C(C)(C)O)cc1.C=C(C)C(=O)OCC[N+](CC)(CC)CC(=O)OCCOc1ccc(C(=O)C(C)(C)O)cc1.C=CC(=O)OCC[N+](C)(C)CC(=O)OCCOc1ccc(C(=O)C(C)(C)O)cc1.C=CC(=O)OCC[N+](CC)(CC)CC(=O)OCCOc1ccc(C(=O)C(C)(C)O)cc1. The number of nitrogens with zero attached hydrogens (tertiary/aromatic N) is 4. The standard InChI is InChI=1S/C24H36NO7.C23H34NO7.C22H32NO7.C21H30NO7.4BrH/c1-7-25(8-2,13-14-32-23(28)18(3)4)17-21(26)31-16-15-30-20-11-9-19(10-12-20)22(27)24(5,6)29;1-6-20(25)30-14-13-24(7-2,8-3)17-21(26)31-16-15-29-19-11-9-18(10-12-19)22(27)23(4,5)28;1-16(2)21(26)30-12-11-23(5,6)15-19(24)29-14-13-28-18-9-7-17(8-10-18)20(25)22(3,4)27;1-6-18(23)28-12-11-22(4,5)15-19(24)29-14-13-27-17-9-7-16(8-10-17)20(25)21(2,3)26;;;;/h9-12,29H,3,7-8,13-17H2,1-2,4-6H3;6,9-12,28H,1,7-8,13-17H2,2-5H3;7-10,27H,1,11-15H2,2-6H3;6-10,26H,1,11-15H2,2-5H3;4*1H/q4*+1;;;;. The highest BCUT2D eigenvalue weighted by molar-refractivity contribution is 8.93. The van der Waals surface area contributed by atoms with Crippen molar-refractivity contribution in [2.75, 3.05) is 186 Å². The number of hydrogen-bond acceptors (Lipinski definition) is 28. The molecule has 4 aromatic rings. The van der Waals surface area contributed by atoms with Gasteiger partial charge in [0.05, 0.1) is 54.4 Å². The molecule has 0 radical (unpaired) electrons. The fraction of sp³-hybridized carbons (Fsp3) is 0.511. The highest BCUT2D eigenvalue weighted by atomic mass is 79.9. The molecule has 0 spiro atoms. The van der Waals surface area contributed by atoms with Gasteiger partial charge in [0, 0.05) is 45.6 Å². The summed E-state index contributed by atoms with van der Waals surface area (Å²) in [4.78, 5) is 142. The van der Waals surface area contributed by atoms with E-state index in [-0.39, 0.29) is 220 Å². The van der Waals surface area contributed by atoms with Gasteiger partial charge in [0.25, 0.3) is 0 Å². The normalized spacial score (nSPS) is 11.2. The van der Waals surface area contributed by atoms with E-state index in [9.17, 15) is 78.0 Å². The van der Waals surface area contributed by atoms with Crippen molar-refractivity contribution in [2.45, 2.75) is 119 Å². The monoisotopic (exact) mass is 2040 g/mol. The van der Waals surface area contributed by atoms with E-state index < -0.39 is 46.3 Å². The first-order valence-electron chi connectivity index (χ1n) is 40.0. The average Bonchev–Trinajstić information content (AvgIpc) is 0.846. The van der Waals surface area contributed by atoms with Crippen LogP contribution in [0.4, 0.5) is 0 Å². The molecule has 4 rings (SSSR count). The van der Waals surface area contributed by atoms with Crippen molar-refractivity contribution in [1.82, 2.24) is 0 Å². The van der Waals surface area contributed by atoms with Gasteiger partial charge in [-0.25, -0.2) is 38.4 Å².